The summed E-state index contributed by atoms with van der Waals surface area (Å²) in [4.78, 5) is 2.12. The molecule has 3 nitrogen and oxygen atoms in total. The summed E-state index contributed by atoms with van der Waals surface area (Å²) < 4.78 is 5.40. The first-order valence-electron chi connectivity index (χ1n) is 5.75. The molecule has 0 N–H and O–H groups in total. The Morgan fingerprint density at radius 3 is 2.47 bits per heavy atom. The molecule has 1 aromatic carbocycles. The van der Waals surface area contributed by atoms with Crippen LogP contribution in [0.4, 0.5) is 5.69 Å². The number of aryl methyl sites for hydroxylation is 1. The van der Waals surface area contributed by atoms with Crippen molar-refractivity contribution in [1.82, 2.24) is 0 Å². The average Bonchev–Trinajstić information content (AvgIpc) is 2.31. The molecule has 0 aromatic heterocycles. The van der Waals surface area contributed by atoms with E-state index in [4.69, 9.17) is 10.00 Å². The first-order valence-corrected chi connectivity index (χ1v) is 5.75. The van der Waals surface area contributed by atoms with Crippen LogP contribution in [0.25, 0.3) is 0 Å². The molecule has 0 bridgehead atoms. The number of benzene rings is 1. The standard InChI is InChI=1S/C14H20N2O/c1-10-9-13(16(4)8-6-7-15)11(2)12(3)14(10)17-5/h9H,6,8H2,1-5H3. The quantitative estimate of drug-likeness (QED) is 0.800. The molecule has 17 heavy (non-hydrogen) atoms. The molecule has 0 radical (unpaired) electrons. The number of rotatable bonds is 4. The highest BCUT2D eigenvalue weighted by Gasteiger charge is 2.12. The maximum absolute atomic E-state index is 8.63. The number of anilines is 1. The Morgan fingerprint density at radius 1 is 1.29 bits per heavy atom. The zero-order valence-corrected chi connectivity index (χ0v) is 11.3. The van der Waals surface area contributed by atoms with Gasteiger partial charge in [0.2, 0.25) is 0 Å². The SMILES string of the molecule is COc1c(C)cc(N(C)CCC#N)c(C)c1C. The highest BCUT2D eigenvalue weighted by atomic mass is 16.5. The third-order valence-corrected chi connectivity index (χ3v) is 3.17. The van der Waals surface area contributed by atoms with E-state index >= 15 is 0 Å². The summed E-state index contributed by atoms with van der Waals surface area (Å²) in [6.07, 6.45) is 0.542. The molecule has 0 amide bonds. The van der Waals surface area contributed by atoms with Crippen LogP contribution >= 0.6 is 0 Å². The zero-order chi connectivity index (χ0) is 13.0. The summed E-state index contributed by atoms with van der Waals surface area (Å²) in [6, 6.07) is 4.30. The van der Waals surface area contributed by atoms with Gasteiger partial charge in [0, 0.05) is 19.3 Å². The van der Waals surface area contributed by atoms with Crippen molar-refractivity contribution in [3.63, 3.8) is 0 Å². The number of hydrogen-bond donors (Lipinski definition) is 0. The summed E-state index contributed by atoms with van der Waals surface area (Å²) in [5.74, 6) is 0.958. The fourth-order valence-electron chi connectivity index (χ4n) is 2.09. The first-order chi connectivity index (χ1) is 8.02. The number of methoxy groups -OCH3 is 1. The molecule has 0 fully saturated rings. The summed E-state index contributed by atoms with van der Waals surface area (Å²) >= 11 is 0. The van der Waals surface area contributed by atoms with Gasteiger partial charge in [-0.05, 0) is 43.5 Å². The minimum atomic E-state index is 0.542. The van der Waals surface area contributed by atoms with Crippen LogP contribution in [0.2, 0.25) is 0 Å². The monoisotopic (exact) mass is 232 g/mol. The van der Waals surface area contributed by atoms with Crippen LogP contribution in [0.15, 0.2) is 6.07 Å². The lowest BCUT2D eigenvalue weighted by Gasteiger charge is -2.23. The Hall–Kier alpha value is -1.69. The molecule has 0 aliphatic rings. The predicted octanol–water partition coefficient (Wildman–Crippen LogP) is 2.97. The van der Waals surface area contributed by atoms with Gasteiger partial charge in [0.25, 0.3) is 0 Å². The second-order valence-electron chi connectivity index (χ2n) is 4.33. The fourth-order valence-corrected chi connectivity index (χ4v) is 2.09. The Labute approximate surface area is 104 Å². The van der Waals surface area contributed by atoms with E-state index in [1.807, 2.05) is 14.0 Å². The van der Waals surface area contributed by atoms with E-state index in [-0.39, 0.29) is 0 Å². The molecule has 0 unspecified atom stereocenters. The Balaban J connectivity index is 3.14. The van der Waals surface area contributed by atoms with Crippen molar-refractivity contribution in [2.24, 2.45) is 0 Å². The zero-order valence-electron chi connectivity index (χ0n) is 11.3. The Morgan fingerprint density at radius 2 is 1.94 bits per heavy atom. The topological polar surface area (TPSA) is 36.3 Å². The molecular weight excluding hydrogens is 212 g/mol. The normalized spacial score (nSPS) is 9.88. The molecule has 0 heterocycles. The second-order valence-corrected chi connectivity index (χ2v) is 4.33. The molecule has 0 saturated heterocycles. The van der Waals surface area contributed by atoms with Crippen LogP contribution in [0.3, 0.4) is 0 Å². The highest BCUT2D eigenvalue weighted by Crippen LogP contribution is 2.32. The molecule has 0 spiro atoms. The summed E-state index contributed by atoms with van der Waals surface area (Å²) in [6.45, 7) is 6.97. The number of nitrogens with zero attached hydrogens (tertiary/aromatic N) is 2. The van der Waals surface area contributed by atoms with Crippen molar-refractivity contribution in [3.8, 4) is 11.8 Å². The van der Waals surface area contributed by atoms with E-state index in [0.29, 0.717) is 6.42 Å². The van der Waals surface area contributed by atoms with Gasteiger partial charge in [0.1, 0.15) is 5.75 Å². The molecule has 1 rings (SSSR count). The van der Waals surface area contributed by atoms with Crippen molar-refractivity contribution in [3.05, 3.63) is 22.8 Å². The van der Waals surface area contributed by atoms with Gasteiger partial charge in [-0.1, -0.05) is 0 Å². The van der Waals surface area contributed by atoms with Crippen molar-refractivity contribution < 1.29 is 4.74 Å². The van der Waals surface area contributed by atoms with E-state index in [1.54, 1.807) is 7.11 Å². The van der Waals surface area contributed by atoms with Crippen molar-refractivity contribution in [1.29, 1.82) is 5.26 Å². The minimum Gasteiger partial charge on any atom is -0.496 e. The van der Waals surface area contributed by atoms with E-state index in [2.05, 4.69) is 30.9 Å². The van der Waals surface area contributed by atoms with Crippen molar-refractivity contribution in [2.45, 2.75) is 27.2 Å². The fraction of sp³-hybridized carbons (Fsp3) is 0.500. The van der Waals surface area contributed by atoms with Crippen LogP contribution in [-0.4, -0.2) is 20.7 Å². The molecule has 0 aliphatic carbocycles. The van der Waals surface area contributed by atoms with Crippen molar-refractivity contribution >= 4 is 5.69 Å². The van der Waals surface area contributed by atoms with Gasteiger partial charge in [-0.2, -0.15) is 5.26 Å². The third kappa shape index (κ3) is 2.71. The lowest BCUT2D eigenvalue weighted by Crippen LogP contribution is -2.19. The highest BCUT2D eigenvalue weighted by molar-refractivity contribution is 5.62. The van der Waals surface area contributed by atoms with Gasteiger partial charge in [-0.15, -0.1) is 0 Å². The van der Waals surface area contributed by atoms with E-state index < -0.39 is 0 Å². The van der Waals surface area contributed by atoms with E-state index in [1.165, 1.54) is 16.8 Å². The van der Waals surface area contributed by atoms with Gasteiger partial charge in [0.05, 0.1) is 19.6 Å². The predicted molar refractivity (Wildman–Crippen MR) is 70.7 cm³/mol. The van der Waals surface area contributed by atoms with E-state index in [0.717, 1.165) is 17.9 Å². The summed E-state index contributed by atoms with van der Waals surface area (Å²) in [7, 11) is 3.72. The number of ether oxygens (including phenoxy) is 1. The molecule has 0 aliphatic heterocycles. The summed E-state index contributed by atoms with van der Waals surface area (Å²) in [5.41, 5.74) is 4.70. The summed E-state index contributed by atoms with van der Waals surface area (Å²) in [5, 5.41) is 8.63. The van der Waals surface area contributed by atoms with Gasteiger partial charge in [0.15, 0.2) is 0 Å². The molecular formula is C14H20N2O. The molecule has 3 heteroatoms. The molecule has 0 saturated carbocycles. The minimum absolute atomic E-state index is 0.542. The Kier molecular flexibility index (Phi) is 4.39. The second kappa shape index (κ2) is 5.58. The van der Waals surface area contributed by atoms with E-state index in [9.17, 15) is 0 Å². The van der Waals surface area contributed by atoms with Crippen LogP contribution in [0.5, 0.6) is 5.75 Å². The van der Waals surface area contributed by atoms with Gasteiger partial charge in [-0.3, -0.25) is 0 Å². The smallest absolute Gasteiger partial charge is 0.125 e. The van der Waals surface area contributed by atoms with Crippen molar-refractivity contribution in [2.75, 3.05) is 25.6 Å². The largest absolute Gasteiger partial charge is 0.496 e. The van der Waals surface area contributed by atoms with Gasteiger partial charge >= 0.3 is 0 Å². The lowest BCUT2D eigenvalue weighted by atomic mass is 10.0. The van der Waals surface area contributed by atoms with Crippen LogP contribution in [0, 0.1) is 32.1 Å². The van der Waals surface area contributed by atoms with Crippen LogP contribution in [0.1, 0.15) is 23.1 Å². The average molecular weight is 232 g/mol. The third-order valence-electron chi connectivity index (χ3n) is 3.17. The Bertz CT molecular complexity index is 447. The molecule has 92 valence electrons. The number of hydrogen-bond acceptors (Lipinski definition) is 3. The van der Waals surface area contributed by atoms with Gasteiger partial charge < -0.3 is 9.64 Å². The van der Waals surface area contributed by atoms with Crippen LogP contribution in [-0.2, 0) is 0 Å². The molecule has 0 atom stereocenters. The lowest BCUT2D eigenvalue weighted by molar-refractivity contribution is 0.408. The molecule has 1 aromatic rings. The maximum atomic E-state index is 8.63. The maximum Gasteiger partial charge on any atom is 0.125 e. The first kappa shape index (κ1) is 13.4. The van der Waals surface area contributed by atoms with Crippen LogP contribution < -0.4 is 9.64 Å². The van der Waals surface area contributed by atoms with Gasteiger partial charge in [-0.25, -0.2) is 0 Å². The number of nitriles is 1.